The van der Waals surface area contributed by atoms with Gasteiger partial charge in [-0.1, -0.05) is 12.1 Å². The van der Waals surface area contributed by atoms with Gasteiger partial charge in [0.25, 0.3) is 0 Å². The Morgan fingerprint density at radius 1 is 0.905 bits per heavy atom. The highest BCUT2D eigenvalue weighted by molar-refractivity contribution is 5.60. The average molecular weight is 279 g/mol. The Morgan fingerprint density at radius 3 is 2.29 bits per heavy atom. The SMILES string of the molecule is Cc1cc(N)n(-c2ccc(-c3ccc(C)c(C)c3)nn2)n1. The van der Waals surface area contributed by atoms with Crippen LogP contribution in [-0.2, 0) is 0 Å². The van der Waals surface area contributed by atoms with Crippen LogP contribution in [0.1, 0.15) is 16.8 Å². The third kappa shape index (κ3) is 2.50. The van der Waals surface area contributed by atoms with E-state index in [1.54, 1.807) is 10.7 Å². The summed E-state index contributed by atoms with van der Waals surface area (Å²) in [5.41, 5.74) is 11.1. The van der Waals surface area contributed by atoms with Crippen LogP contribution in [0.3, 0.4) is 0 Å². The molecule has 1 aromatic carbocycles. The van der Waals surface area contributed by atoms with E-state index in [-0.39, 0.29) is 0 Å². The van der Waals surface area contributed by atoms with Gasteiger partial charge in [-0.3, -0.25) is 0 Å². The second-order valence-electron chi connectivity index (χ2n) is 5.20. The van der Waals surface area contributed by atoms with Crippen LogP contribution in [0.2, 0.25) is 0 Å². The molecule has 0 bridgehead atoms. The van der Waals surface area contributed by atoms with E-state index < -0.39 is 0 Å². The zero-order chi connectivity index (χ0) is 15.0. The van der Waals surface area contributed by atoms with Gasteiger partial charge in [-0.25, -0.2) is 0 Å². The molecule has 3 rings (SSSR count). The fraction of sp³-hybridized carbons (Fsp3) is 0.188. The Balaban J connectivity index is 1.97. The van der Waals surface area contributed by atoms with Crippen LogP contribution in [0.15, 0.2) is 36.4 Å². The number of anilines is 1. The van der Waals surface area contributed by atoms with Crippen molar-refractivity contribution in [2.45, 2.75) is 20.8 Å². The topological polar surface area (TPSA) is 69.6 Å². The van der Waals surface area contributed by atoms with Gasteiger partial charge in [-0.2, -0.15) is 9.78 Å². The molecule has 0 aliphatic heterocycles. The third-order valence-electron chi connectivity index (χ3n) is 3.53. The second-order valence-corrected chi connectivity index (χ2v) is 5.20. The third-order valence-corrected chi connectivity index (χ3v) is 3.53. The first-order valence-electron chi connectivity index (χ1n) is 6.78. The number of nitrogen functional groups attached to an aromatic ring is 1. The number of rotatable bonds is 2. The van der Waals surface area contributed by atoms with E-state index in [1.807, 2.05) is 19.1 Å². The summed E-state index contributed by atoms with van der Waals surface area (Å²) < 4.78 is 1.59. The lowest BCUT2D eigenvalue weighted by Gasteiger charge is -2.06. The van der Waals surface area contributed by atoms with Crippen molar-refractivity contribution in [2.24, 2.45) is 0 Å². The molecule has 106 valence electrons. The molecular formula is C16H17N5. The van der Waals surface area contributed by atoms with E-state index in [0.717, 1.165) is 17.0 Å². The fourth-order valence-electron chi connectivity index (χ4n) is 2.20. The summed E-state index contributed by atoms with van der Waals surface area (Å²) in [6.07, 6.45) is 0. The first kappa shape index (κ1) is 13.3. The lowest BCUT2D eigenvalue weighted by Crippen LogP contribution is -2.05. The number of nitrogens with two attached hydrogens (primary N) is 1. The number of hydrogen-bond acceptors (Lipinski definition) is 4. The van der Waals surface area contributed by atoms with Gasteiger partial charge < -0.3 is 5.73 Å². The maximum absolute atomic E-state index is 5.89. The number of nitrogens with zero attached hydrogens (tertiary/aromatic N) is 4. The van der Waals surface area contributed by atoms with Gasteiger partial charge in [-0.05, 0) is 50.1 Å². The monoisotopic (exact) mass is 279 g/mol. The summed E-state index contributed by atoms with van der Waals surface area (Å²) >= 11 is 0. The smallest absolute Gasteiger partial charge is 0.178 e. The normalized spacial score (nSPS) is 10.8. The Labute approximate surface area is 123 Å². The van der Waals surface area contributed by atoms with Crippen LogP contribution in [0.4, 0.5) is 5.82 Å². The highest BCUT2D eigenvalue weighted by Gasteiger charge is 2.07. The van der Waals surface area contributed by atoms with Crippen molar-refractivity contribution >= 4 is 5.82 Å². The maximum Gasteiger partial charge on any atom is 0.178 e. The van der Waals surface area contributed by atoms with Crippen molar-refractivity contribution in [3.63, 3.8) is 0 Å². The molecule has 5 nitrogen and oxygen atoms in total. The van der Waals surface area contributed by atoms with E-state index in [2.05, 4.69) is 47.3 Å². The molecule has 3 aromatic rings. The molecule has 5 heteroatoms. The zero-order valence-electron chi connectivity index (χ0n) is 12.3. The molecule has 0 amide bonds. The lowest BCUT2D eigenvalue weighted by molar-refractivity contribution is 0.813. The van der Waals surface area contributed by atoms with Gasteiger partial charge in [0.1, 0.15) is 5.82 Å². The van der Waals surface area contributed by atoms with Gasteiger partial charge in [0, 0.05) is 11.6 Å². The van der Waals surface area contributed by atoms with E-state index in [4.69, 9.17) is 5.73 Å². The van der Waals surface area contributed by atoms with Crippen molar-refractivity contribution in [3.8, 4) is 17.1 Å². The molecule has 0 saturated carbocycles. The minimum atomic E-state index is 0.556. The van der Waals surface area contributed by atoms with Gasteiger partial charge >= 0.3 is 0 Å². The number of aromatic nitrogens is 4. The molecular weight excluding hydrogens is 262 g/mol. The largest absolute Gasteiger partial charge is 0.384 e. The number of benzene rings is 1. The van der Waals surface area contributed by atoms with Crippen molar-refractivity contribution in [2.75, 3.05) is 5.73 Å². The molecule has 2 heterocycles. The molecule has 2 N–H and O–H groups in total. The van der Waals surface area contributed by atoms with Crippen LogP contribution in [0, 0.1) is 20.8 Å². The molecule has 0 aliphatic rings. The van der Waals surface area contributed by atoms with Gasteiger partial charge in [0.15, 0.2) is 5.82 Å². The highest BCUT2D eigenvalue weighted by Crippen LogP contribution is 2.20. The summed E-state index contributed by atoms with van der Waals surface area (Å²) in [6.45, 7) is 6.08. The van der Waals surface area contributed by atoms with Crippen molar-refractivity contribution in [1.82, 2.24) is 20.0 Å². The minimum Gasteiger partial charge on any atom is -0.384 e. The molecule has 0 atom stereocenters. The highest BCUT2D eigenvalue weighted by atomic mass is 15.4. The Hall–Kier alpha value is -2.69. The van der Waals surface area contributed by atoms with E-state index >= 15 is 0 Å². The van der Waals surface area contributed by atoms with Crippen LogP contribution in [0.5, 0.6) is 0 Å². The average Bonchev–Trinajstić information content (AvgIpc) is 2.81. The van der Waals surface area contributed by atoms with Gasteiger partial charge in [0.05, 0.1) is 11.4 Å². The predicted octanol–water partition coefficient (Wildman–Crippen LogP) is 2.84. The van der Waals surface area contributed by atoms with E-state index in [1.165, 1.54) is 11.1 Å². The predicted molar refractivity (Wildman–Crippen MR) is 83.2 cm³/mol. The second kappa shape index (κ2) is 5.01. The molecule has 0 radical (unpaired) electrons. The summed E-state index contributed by atoms with van der Waals surface area (Å²) in [5, 5.41) is 12.8. The Morgan fingerprint density at radius 2 is 1.71 bits per heavy atom. The Bertz CT molecular complexity index is 787. The first-order valence-corrected chi connectivity index (χ1v) is 6.78. The summed E-state index contributed by atoms with van der Waals surface area (Å²) in [4.78, 5) is 0. The van der Waals surface area contributed by atoms with Gasteiger partial charge in [0.2, 0.25) is 0 Å². The van der Waals surface area contributed by atoms with Crippen molar-refractivity contribution < 1.29 is 0 Å². The van der Waals surface area contributed by atoms with E-state index in [9.17, 15) is 0 Å². The first-order chi connectivity index (χ1) is 10.0. The van der Waals surface area contributed by atoms with Crippen LogP contribution in [-0.4, -0.2) is 20.0 Å². The number of hydrogen-bond donors (Lipinski definition) is 1. The molecule has 2 aromatic heterocycles. The van der Waals surface area contributed by atoms with Crippen LogP contribution < -0.4 is 5.73 Å². The quantitative estimate of drug-likeness (QED) is 0.783. The van der Waals surface area contributed by atoms with Crippen LogP contribution >= 0.6 is 0 Å². The van der Waals surface area contributed by atoms with Crippen molar-refractivity contribution in [3.05, 3.63) is 53.2 Å². The number of aryl methyl sites for hydroxylation is 3. The molecule has 0 saturated heterocycles. The molecule has 0 spiro atoms. The van der Waals surface area contributed by atoms with Crippen LogP contribution in [0.25, 0.3) is 17.1 Å². The maximum atomic E-state index is 5.89. The lowest BCUT2D eigenvalue weighted by atomic mass is 10.0. The molecule has 0 fully saturated rings. The molecule has 21 heavy (non-hydrogen) atoms. The fourth-order valence-corrected chi connectivity index (χ4v) is 2.20. The molecule has 0 unspecified atom stereocenters. The zero-order valence-corrected chi connectivity index (χ0v) is 12.3. The molecule has 0 aliphatic carbocycles. The van der Waals surface area contributed by atoms with Crippen molar-refractivity contribution in [1.29, 1.82) is 0 Å². The summed E-state index contributed by atoms with van der Waals surface area (Å²) in [7, 11) is 0. The standard InChI is InChI=1S/C16H17N5/c1-10-4-5-13(8-11(10)2)14-6-7-16(19-18-14)21-15(17)9-12(3)20-21/h4-9H,17H2,1-3H3. The van der Waals surface area contributed by atoms with E-state index in [0.29, 0.717) is 11.6 Å². The Kier molecular flexibility index (Phi) is 3.17. The van der Waals surface area contributed by atoms with Gasteiger partial charge in [-0.15, -0.1) is 10.2 Å². The minimum absolute atomic E-state index is 0.556. The summed E-state index contributed by atoms with van der Waals surface area (Å²) in [6, 6.07) is 11.9. The summed E-state index contributed by atoms with van der Waals surface area (Å²) in [5.74, 6) is 1.17.